The van der Waals surface area contributed by atoms with E-state index in [9.17, 15) is 0 Å². The average molecular weight is 349 g/mol. The number of hydrogen-bond acceptors (Lipinski definition) is 4. The first-order valence-electron chi connectivity index (χ1n) is 8.08. The van der Waals surface area contributed by atoms with E-state index >= 15 is 0 Å². The van der Waals surface area contributed by atoms with Crippen LogP contribution in [0.5, 0.6) is 0 Å². The molecule has 1 unspecified atom stereocenters. The van der Waals surface area contributed by atoms with Gasteiger partial charge in [-0.15, -0.1) is 22.7 Å². The summed E-state index contributed by atoms with van der Waals surface area (Å²) in [7, 11) is 0. The summed E-state index contributed by atoms with van der Waals surface area (Å²) in [4.78, 5) is 9.93. The minimum atomic E-state index is 0.417. The van der Waals surface area contributed by atoms with Crippen LogP contribution in [-0.2, 0) is 19.4 Å². The number of rotatable bonds is 6. The first-order chi connectivity index (χ1) is 11.2. The molecule has 124 valence electrons. The monoisotopic (exact) mass is 348 g/mol. The molecule has 1 aliphatic heterocycles. The molecule has 0 spiro atoms. The molecule has 0 fully saturated rings. The van der Waals surface area contributed by atoms with Crippen LogP contribution in [-0.4, -0.2) is 36.5 Å². The van der Waals surface area contributed by atoms with Crippen molar-refractivity contribution in [1.29, 1.82) is 0 Å². The molecule has 3 heterocycles. The third kappa shape index (κ3) is 4.56. The summed E-state index contributed by atoms with van der Waals surface area (Å²) in [5.74, 6) is 0.557. The number of fused-ring (bicyclic) bond motifs is 1. The molecule has 3 rings (SSSR count). The lowest BCUT2D eigenvalue weighted by Gasteiger charge is -2.31. The summed E-state index contributed by atoms with van der Waals surface area (Å²) in [5.41, 5.74) is 7.46. The number of nitrogens with two attached hydrogens (primary N) is 1. The smallest absolute Gasteiger partial charge is 0.188 e. The van der Waals surface area contributed by atoms with E-state index in [2.05, 4.69) is 51.1 Å². The Morgan fingerprint density at radius 3 is 3.13 bits per heavy atom. The van der Waals surface area contributed by atoms with E-state index < -0.39 is 0 Å². The van der Waals surface area contributed by atoms with Crippen molar-refractivity contribution in [3.8, 4) is 0 Å². The zero-order valence-electron chi connectivity index (χ0n) is 13.5. The Balaban J connectivity index is 1.41. The first-order valence-corrected chi connectivity index (χ1v) is 9.84. The summed E-state index contributed by atoms with van der Waals surface area (Å²) in [5, 5.41) is 7.51. The van der Waals surface area contributed by atoms with Crippen LogP contribution in [0.1, 0.15) is 22.2 Å². The number of hydrogen-bond donors (Lipinski definition) is 2. The molecule has 0 aliphatic carbocycles. The summed E-state index contributed by atoms with van der Waals surface area (Å²) >= 11 is 3.66. The highest BCUT2D eigenvalue weighted by Gasteiger charge is 2.21. The van der Waals surface area contributed by atoms with Gasteiger partial charge in [0.1, 0.15) is 0 Å². The molecule has 0 amide bonds. The van der Waals surface area contributed by atoms with E-state index in [1.807, 2.05) is 11.3 Å². The normalized spacial score (nSPS) is 17.0. The number of aliphatic imine (C=N–C) groups is 1. The minimum Gasteiger partial charge on any atom is -0.370 e. The topological polar surface area (TPSA) is 53.6 Å². The van der Waals surface area contributed by atoms with Crippen molar-refractivity contribution >= 4 is 28.6 Å². The quantitative estimate of drug-likeness (QED) is 0.623. The van der Waals surface area contributed by atoms with Crippen molar-refractivity contribution in [1.82, 2.24) is 10.2 Å². The largest absolute Gasteiger partial charge is 0.370 e. The summed E-state index contributed by atoms with van der Waals surface area (Å²) < 4.78 is 0. The zero-order chi connectivity index (χ0) is 16.1. The third-order valence-corrected chi connectivity index (χ3v) is 6.20. The van der Waals surface area contributed by atoms with Gasteiger partial charge in [0.2, 0.25) is 0 Å². The Bertz CT molecular complexity index is 633. The van der Waals surface area contributed by atoms with Crippen molar-refractivity contribution in [2.45, 2.75) is 32.4 Å². The fourth-order valence-corrected chi connectivity index (χ4v) is 4.42. The molecule has 0 bridgehead atoms. The lowest BCUT2D eigenvalue weighted by molar-refractivity contribution is 0.197. The van der Waals surface area contributed by atoms with E-state index in [0.29, 0.717) is 12.0 Å². The predicted molar refractivity (Wildman–Crippen MR) is 100 cm³/mol. The van der Waals surface area contributed by atoms with Crippen molar-refractivity contribution in [2.24, 2.45) is 10.7 Å². The van der Waals surface area contributed by atoms with Gasteiger partial charge in [0.25, 0.3) is 0 Å². The Labute approximate surface area is 146 Å². The first kappa shape index (κ1) is 16.5. The Morgan fingerprint density at radius 1 is 1.39 bits per heavy atom. The maximum Gasteiger partial charge on any atom is 0.188 e. The molecule has 3 N–H and O–H groups in total. The molecule has 2 aromatic rings. The molecule has 23 heavy (non-hydrogen) atoms. The number of thiophene rings is 2. The van der Waals surface area contributed by atoms with Crippen LogP contribution in [0.25, 0.3) is 0 Å². The fourth-order valence-electron chi connectivity index (χ4n) is 2.82. The molecular weight excluding hydrogens is 324 g/mol. The Morgan fingerprint density at radius 2 is 2.30 bits per heavy atom. The third-order valence-electron chi connectivity index (χ3n) is 4.24. The van der Waals surface area contributed by atoms with Crippen LogP contribution in [0, 0.1) is 0 Å². The fraction of sp³-hybridized carbons (Fsp3) is 0.471. The van der Waals surface area contributed by atoms with Gasteiger partial charge in [-0.05, 0) is 48.2 Å². The standard InChI is InChI=1S/C17H24N4S2/c1-13(21-8-5-16-14(12-21)6-10-23-16)11-20-17(18)19-7-4-15-3-2-9-22-15/h2-3,6,9-10,13H,4-5,7-8,11-12H2,1H3,(H3,18,19,20). The van der Waals surface area contributed by atoms with Crippen LogP contribution in [0.2, 0.25) is 0 Å². The van der Waals surface area contributed by atoms with Crippen LogP contribution < -0.4 is 11.1 Å². The number of nitrogens with one attached hydrogen (secondary N) is 1. The van der Waals surface area contributed by atoms with Gasteiger partial charge in [0, 0.05) is 35.4 Å². The van der Waals surface area contributed by atoms with Crippen molar-refractivity contribution in [3.05, 3.63) is 44.3 Å². The second-order valence-electron chi connectivity index (χ2n) is 5.92. The van der Waals surface area contributed by atoms with E-state index in [1.165, 1.54) is 10.4 Å². The highest BCUT2D eigenvalue weighted by molar-refractivity contribution is 7.10. The average Bonchev–Trinajstić information content (AvgIpc) is 3.23. The van der Waals surface area contributed by atoms with Crippen molar-refractivity contribution in [3.63, 3.8) is 0 Å². The van der Waals surface area contributed by atoms with Crippen LogP contribution in [0.15, 0.2) is 34.0 Å². The molecule has 0 saturated heterocycles. The molecule has 0 aromatic carbocycles. The number of nitrogens with zero attached hydrogens (tertiary/aromatic N) is 2. The van der Waals surface area contributed by atoms with Gasteiger partial charge in [0.15, 0.2) is 5.96 Å². The van der Waals surface area contributed by atoms with Gasteiger partial charge in [-0.1, -0.05) is 6.07 Å². The lowest BCUT2D eigenvalue weighted by atomic mass is 10.1. The molecule has 1 aliphatic rings. The number of guanidine groups is 1. The van der Waals surface area contributed by atoms with E-state index in [0.717, 1.165) is 39.0 Å². The summed E-state index contributed by atoms with van der Waals surface area (Å²) in [6.07, 6.45) is 2.16. The predicted octanol–water partition coefficient (Wildman–Crippen LogP) is 2.70. The molecular formula is C17H24N4S2. The van der Waals surface area contributed by atoms with Gasteiger partial charge in [0.05, 0.1) is 6.54 Å². The summed E-state index contributed by atoms with van der Waals surface area (Å²) in [6, 6.07) is 6.90. The van der Waals surface area contributed by atoms with E-state index in [1.54, 1.807) is 16.2 Å². The molecule has 2 aromatic heterocycles. The minimum absolute atomic E-state index is 0.417. The van der Waals surface area contributed by atoms with Crippen molar-refractivity contribution in [2.75, 3.05) is 19.6 Å². The van der Waals surface area contributed by atoms with Gasteiger partial charge in [-0.25, -0.2) is 0 Å². The highest BCUT2D eigenvalue weighted by Crippen LogP contribution is 2.25. The molecule has 0 saturated carbocycles. The van der Waals surface area contributed by atoms with Crippen LogP contribution in [0.4, 0.5) is 0 Å². The Hall–Kier alpha value is -1.37. The molecule has 4 nitrogen and oxygen atoms in total. The maximum absolute atomic E-state index is 5.98. The maximum atomic E-state index is 5.98. The zero-order valence-corrected chi connectivity index (χ0v) is 15.1. The van der Waals surface area contributed by atoms with E-state index in [4.69, 9.17) is 5.73 Å². The molecule has 1 atom stereocenters. The van der Waals surface area contributed by atoms with E-state index in [-0.39, 0.29) is 0 Å². The summed E-state index contributed by atoms with van der Waals surface area (Å²) in [6.45, 7) is 5.99. The SMILES string of the molecule is CC(CN=C(N)NCCc1cccs1)N1CCc2sccc2C1. The second-order valence-corrected chi connectivity index (χ2v) is 7.95. The molecule has 6 heteroatoms. The van der Waals surface area contributed by atoms with Gasteiger partial charge < -0.3 is 11.1 Å². The van der Waals surface area contributed by atoms with Crippen LogP contribution >= 0.6 is 22.7 Å². The lowest BCUT2D eigenvalue weighted by Crippen LogP contribution is -2.40. The van der Waals surface area contributed by atoms with Gasteiger partial charge in [-0.3, -0.25) is 9.89 Å². The highest BCUT2D eigenvalue weighted by atomic mass is 32.1. The van der Waals surface area contributed by atoms with Gasteiger partial charge >= 0.3 is 0 Å². The van der Waals surface area contributed by atoms with Crippen molar-refractivity contribution < 1.29 is 0 Å². The van der Waals surface area contributed by atoms with Crippen LogP contribution in [0.3, 0.4) is 0 Å². The Kier molecular flexibility index (Phi) is 5.70. The van der Waals surface area contributed by atoms with Gasteiger partial charge in [-0.2, -0.15) is 0 Å². The molecule has 0 radical (unpaired) electrons. The second kappa shape index (κ2) is 7.95.